The Labute approximate surface area is 138 Å². The molecule has 1 aromatic carbocycles. The van der Waals surface area contributed by atoms with Gasteiger partial charge in [0.2, 0.25) is 6.79 Å². The van der Waals surface area contributed by atoms with E-state index in [2.05, 4.69) is 0 Å². The highest BCUT2D eigenvalue weighted by Crippen LogP contribution is 2.37. The third-order valence-corrected chi connectivity index (χ3v) is 5.15. The van der Waals surface area contributed by atoms with Crippen LogP contribution in [0.25, 0.3) is 0 Å². The lowest BCUT2D eigenvalue weighted by atomic mass is 9.86. The molecule has 1 amide bonds. The molecule has 2 aromatic rings. The molecule has 2 aliphatic heterocycles. The normalized spacial score (nSPS) is 23.1. The molecule has 6 heteroatoms. The highest BCUT2D eigenvalue weighted by molar-refractivity contribution is 7.08. The van der Waals surface area contributed by atoms with Crippen molar-refractivity contribution < 1.29 is 19.4 Å². The molecule has 0 saturated carbocycles. The molecule has 1 aromatic heterocycles. The molecule has 0 aliphatic carbocycles. The number of thiophene rings is 1. The summed E-state index contributed by atoms with van der Waals surface area (Å²) in [6.07, 6.45) is 0.156. The fourth-order valence-electron chi connectivity index (χ4n) is 3.22. The van der Waals surface area contributed by atoms with Crippen LogP contribution in [0.1, 0.15) is 28.3 Å². The predicted octanol–water partition coefficient (Wildman–Crippen LogP) is 2.47. The van der Waals surface area contributed by atoms with Gasteiger partial charge in [-0.1, -0.05) is 6.07 Å². The number of β-amino-alcohol motifs (C(OH)–C–C–N with tert-alkyl or cyclic N) is 1. The number of hydrogen-bond donors (Lipinski definition) is 1. The van der Waals surface area contributed by atoms with Crippen molar-refractivity contribution in [2.45, 2.75) is 18.4 Å². The maximum Gasteiger partial charge on any atom is 0.254 e. The zero-order chi connectivity index (χ0) is 15.8. The van der Waals surface area contributed by atoms with E-state index in [9.17, 15) is 9.90 Å². The van der Waals surface area contributed by atoms with Gasteiger partial charge in [-0.25, -0.2) is 0 Å². The minimum Gasteiger partial charge on any atom is -0.454 e. The van der Waals surface area contributed by atoms with Crippen molar-refractivity contribution in [3.63, 3.8) is 0 Å². The number of amides is 1. The van der Waals surface area contributed by atoms with Gasteiger partial charge >= 0.3 is 0 Å². The van der Waals surface area contributed by atoms with Crippen LogP contribution < -0.4 is 9.47 Å². The summed E-state index contributed by atoms with van der Waals surface area (Å²) in [7, 11) is 0. The molecule has 0 bridgehead atoms. The summed E-state index contributed by atoms with van der Waals surface area (Å²) in [5.41, 5.74) is 1.73. The smallest absolute Gasteiger partial charge is 0.254 e. The van der Waals surface area contributed by atoms with Crippen molar-refractivity contribution in [2.24, 2.45) is 0 Å². The number of carbonyl (C=O) groups excluding carboxylic acids is 1. The summed E-state index contributed by atoms with van der Waals surface area (Å²) in [5, 5.41) is 14.3. The molecular formula is C17H17NO4S. The van der Waals surface area contributed by atoms with Gasteiger partial charge in [0.05, 0.1) is 11.7 Å². The monoisotopic (exact) mass is 331 g/mol. The number of fused-ring (bicyclic) bond motifs is 1. The zero-order valence-electron chi connectivity index (χ0n) is 12.5. The van der Waals surface area contributed by atoms with Crippen molar-refractivity contribution in [3.8, 4) is 11.5 Å². The molecule has 0 radical (unpaired) electrons. The fraction of sp³-hybridized carbons (Fsp3) is 0.353. The van der Waals surface area contributed by atoms with Crippen LogP contribution in [0.2, 0.25) is 0 Å². The first-order valence-electron chi connectivity index (χ1n) is 7.61. The highest BCUT2D eigenvalue weighted by Gasteiger charge is 2.32. The van der Waals surface area contributed by atoms with Crippen LogP contribution in [-0.2, 0) is 0 Å². The Morgan fingerprint density at radius 1 is 1.26 bits per heavy atom. The highest BCUT2D eigenvalue weighted by atomic mass is 32.1. The number of piperidine rings is 1. The lowest BCUT2D eigenvalue weighted by molar-refractivity contribution is 0.0382. The first-order valence-corrected chi connectivity index (χ1v) is 8.56. The number of hydrogen-bond acceptors (Lipinski definition) is 5. The molecule has 3 heterocycles. The molecule has 1 fully saturated rings. The van der Waals surface area contributed by atoms with Crippen molar-refractivity contribution in [2.75, 3.05) is 19.9 Å². The average molecular weight is 331 g/mol. The van der Waals surface area contributed by atoms with Gasteiger partial charge in [0.25, 0.3) is 5.91 Å². The Kier molecular flexibility index (Phi) is 3.71. The van der Waals surface area contributed by atoms with Gasteiger partial charge in [-0.2, -0.15) is 11.3 Å². The Morgan fingerprint density at radius 3 is 2.91 bits per heavy atom. The fourth-order valence-corrected chi connectivity index (χ4v) is 3.85. The van der Waals surface area contributed by atoms with E-state index in [1.807, 2.05) is 35.0 Å². The zero-order valence-corrected chi connectivity index (χ0v) is 13.3. The van der Waals surface area contributed by atoms with Gasteiger partial charge in [-0.3, -0.25) is 4.79 Å². The van der Waals surface area contributed by atoms with Crippen LogP contribution in [-0.4, -0.2) is 41.9 Å². The van der Waals surface area contributed by atoms with Crippen LogP contribution in [0.3, 0.4) is 0 Å². The van der Waals surface area contributed by atoms with Gasteiger partial charge in [0.15, 0.2) is 11.5 Å². The minimum absolute atomic E-state index is 0.00515. The van der Waals surface area contributed by atoms with E-state index < -0.39 is 6.10 Å². The van der Waals surface area contributed by atoms with E-state index in [0.29, 0.717) is 18.7 Å². The first kappa shape index (κ1) is 14.5. The molecule has 5 nitrogen and oxygen atoms in total. The summed E-state index contributed by atoms with van der Waals surface area (Å²) in [6.45, 7) is 1.24. The van der Waals surface area contributed by atoms with Crippen LogP contribution in [0.15, 0.2) is 35.0 Å². The molecule has 2 aliphatic rings. The van der Waals surface area contributed by atoms with E-state index in [0.717, 1.165) is 23.5 Å². The standard InChI is InChI=1S/C17H17NO4S/c19-14-8-18(17(20)12-4-6-23-9-12)5-3-13(14)11-1-2-15-16(7-11)22-10-21-15/h1-2,4,6-7,9,13-14,19H,3,5,8,10H2/t13-,14+/m0/s1. The Balaban J connectivity index is 1.48. The second-order valence-electron chi connectivity index (χ2n) is 5.84. The van der Waals surface area contributed by atoms with E-state index in [1.54, 1.807) is 4.90 Å². The number of rotatable bonds is 2. The molecule has 0 spiro atoms. The number of aliphatic hydroxyl groups excluding tert-OH is 1. The third-order valence-electron chi connectivity index (χ3n) is 4.46. The van der Waals surface area contributed by atoms with Crippen molar-refractivity contribution in [1.29, 1.82) is 0 Å². The van der Waals surface area contributed by atoms with Crippen molar-refractivity contribution in [3.05, 3.63) is 46.2 Å². The van der Waals surface area contributed by atoms with E-state index >= 15 is 0 Å². The average Bonchev–Trinajstić information content (AvgIpc) is 3.24. The molecular weight excluding hydrogens is 314 g/mol. The molecule has 1 N–H and O–H groups in total. The van der Waals surface area contributed by atoms with E-state index in [1.165, 1.54) is 11.3 Å². The number of benzene rings is 1. The van der Waals surface area contributed by atoms with Crippen LogP contribution in [0.4, 0.5) is 0 Å². The lowest BCUT2D eigenvalue weighted by Crippen LogP contribution is -2.45. The number of likely N-dealkylation sites (tertiary alicyclic amines) is 1. The van der Waals surface area contributed by atoms with E-state index in [4.69, 9.17) is 9.47 Å². The Hall–Kier alpha value is -2.05. The molecule has 4 rings (SSSR count). The minimum atomic E-state index is -0.577. The van der Waals surface area contributed by atoms with Gasteiger partial charge < -0.3 is 19.5 Å². The Bertz CT molecular complexity index is 715. The summed E-state index contributed by atoms with van der Waals surface area (Å²) in [6, 6.07) is 7.61. The molecule has 23 heavy (non-hydrogen) atoms. The quantitative estimate of drug-likeness (QED) is 0.918. The van der Waals surface area contributed by atoms with Crippen LogP contribution in [0, 0.1) is 0 Å². The topological polar surface area (TPSA) is 59.0 Å². The third kappa shape index (κ3) is 2.68. The number of carbonyl (C=O) groups is 1. The molecule has 1 saturated heterocycles. The second-order valence-corrected chi connectivity index (χ2v) is 6.62. The Morgan fingerprint density at radius 2 is 2.13 bits per heavy atom. The second kappa shape index (κ2) is 5.86. The van der Waals surface area contributed by atoms with Crippen molar-refractivity contribution in [1.82, 2.24) is 4.90 Å². The van der Waals surface area contributed by atoms with Gasteiger partial charge in [0, 0.05) is 24.4 Å². The molecule has 120 valence electrons. The lowest BCUT2D eigenvalue weighted by Gasteiger charge is -2.36. The van der Waals surface area contributed by atoms with Crippen molar-refractivity contribution >= 4 is 17.2 Å². The number of ether oxygens (including phenoxy) is 2. The van der Waals surface area contributed by atoms with Gasteiger partial charge in [-0.15, -0.1) is 0 Å². The SMILES string of the molecule is O=C(c1ccsc1)N1CC[C@@H](c2ccc3c(c2)OCO3)[C@H](O)C1. The van der Waals surface area contributed by atoms with Crippen LogP contribution in [0.5, 0.6) is 11.5 Å². The van der Waals surface area contributed by atoms with Gasteiger partial charge in [-0.05, 0) is 35.6 Å². The number of nitrogens with zero attached hydrogens (tertiary/aromatic N) is 1. The number of aliphatic hydroxyl groups is 1. The summed E-state index contributed by atoms with van der Waals surface area (Å²) in [4.78, 5) is 14.1. The van der Waals surface area contributed by atoms with E-state index in [-0.39, 0.29) is 18.6 Å². The summed E-state index contributed by atoms with van der Waals surface area (Å²) < 4.78 is 10.7. The summed E-state index contributed by atoms with van der Waals surface area (Å²) in [5.74, 6) is 1.48. The predicted molar refractivity (Wildman–Crippen MR) is 86.2 cm³/mol. The first-order chi connectivity index (χ1) is 11.2. The molecule has 0 unspecified atom stereocenters. The maximum atomic E-state index is 12.4. The molecule has 2 atom stereocenters. The maximum absolute atomic E-state index is 12.4. The largest absolute Gasteiger partial charge is 0.454 e. The van der Waals surface area contributed by atoms with Crippen LogP contribution >= 0.6 is 11.3 Å². The summed E-state index contributed by atoms with van der Waals surface area (Å²) >= 11 is 1.51. The van der Waals surface area contributed by atoms with Gasteiger partial charge in [0.1, 0.15) is 0 Å².